The number of hydrogen-bond donors (Lipinski definition) is 1. The van der Waals surface area contributed by atoms with E-state index in [0.717, 1.165) is 32.7 Å². The lowest BCUT2D eigenvalue weighted by molar-refractivity contribution is -0.124. The molecule has 2 saturated heterocycles. The van der Waals surface area contributed by atoms with E-state index in [1.165, 1.54) is 0 Å². The van der Waals surface area contributed by atoms with E-state index in [1.807, 2.05) is 0 Å². The molecule has 16 heavy (non-hydrogen) atoms. The van der Waals surface area contributed by atoms with Crippen LogP contribution in [0.3, 0.4) is 0 Å². The van der Waals surface area contributed by atoms with Gasteiger partial charge in [-0.25, -0.2) is 0 Å². The molecule has 2 unspecified atom stereocenters. The maximum atomic E-state index is 6.02. The van der Waals surface area contributed by atoms with Crippen LogP contribution in [0.5, 0.6) is 0 Å². The fraction of sp³-hybridized carbons (Fsp3) is 1.00. The molecular weight excluding hydrogens is 204 g/mol. The van der Waals surface area contributed by atoms with Crippen LogP contribution in [0.1, 0.15) is 27.2 Å². The molecule has 0 aromatic carbocycles. The fourth-order valence-corrected chi connectivity index (χ4v) is 2.98. The van der Waals surface area contributed by atoms with Crippen molar-refractivity contribution in [1.82, 2.24) is 4.90 Å². The number of ether oxygens (including phenoxy) is 2. The molecule has 0 aliphatic carbocycles. The molecule has 2 heterocycles. The molecule has 4 heteroatoms. The third-order valence-electron chi connectivity index (χ3n) is 4.07. The molecule has 0 bridgehead atoms. The summed E-state index contributed by atoms with van der Waals surface area (Å²) in [5, 5.41) is 0. The largest absolute Gasteiger partial charge is 0.376 e. The first-order valence-electron chi connectivity index (χ1n) is 6.21. The summed E-state index contributed by atoms with van der Waals surface area (Å²) < 4.78 is 11.5. The number of nitrogens with zero attached hydrogens (tertiary/aromatic N) is 1. The highest BCUT2D eigenvalue weighted by atomic mass is 16.5. The summed E-state index contributed by atoms with van der Waals surface area (Å²) in [7, 11) is 0. The van der Waals surface area contributed by atoms with Crippen molar-refractivity contribution in [2.24, 2.45) is 5.73 Å². The van der Waals surface area contributed by atoms with E-state index in [2.05, 4.69) is 25.7 Å². The Morgan fingerprint density at radius 1 is 1.38 bits per heavy atom. The average Bonchev–Trinajstić information content (AvgIpc) is 2.59. The van der Waals surface area contributed by atoms with Crippen LogP contribution in [0, 0.1) is 0 Å². The number of morpholine rings is 1. The molecule has 0 radical (unpaired) electrons. The van der Waals surface area contributed by atoms with Gasteiger partial charge in [0.1, 0.15) is 0 Å². The second kappa shape index (κ2) is 4.26. The highest BCUT2D eigenvalue weighted by molar-refractivity contribution is 5.02. The van der Waals surface area contributed by atoms with Gasteiger partial charge >= 0.3 is 0 Å². The van der Waals surface area contributed by atoms with Crippen molar-refractivity contribution in [2.45, 2.75) is 44.4 Å². The number of nitrogens with two attached hydrogens (primary N) is 1. The van der Waals surface area contributed by atoms with Crippen LogP contribution in [-0.4, -0.2) is 55.0 Å². The number of rotatable bonds is 2. The summed E-state index contributed by atoms with van der Waals surface area (Å²) in [5.41, 5.74) is 5.98. The lowest BCUT2D eigenvalue weighted by Crippen LogP contribution is -2.64. The van der Waals surface area contributed by atoms with Gasteiger partial charge in [0.15, 0.2) is 0 Å². The van der Waals surface area contributed by atoms with E-state index in [-0.39, 0.29) is 17.2 Å². The first kappa shape index (κ1) is 12.3. The highest BCUT2D eigenvalue weighted by Crippen LogP contribution is 2.34. The van der Waals surface area contributed by atoms with Gasteiger partial charge in [-0.1, -0.05) is 0 Å². The lowest BCUT2D eigenvalue weighted by atomic mass is 9.88. The molecule has 0 spiro atoms. The van der Waals surface area contributed by atoms with Gasteiger partial charge in [-0.15, -0.1) is 0 Å². The summed E-state index contributed by atoms with van der Waals surface area (Å²) in [4.78, 5) is 2.48. The Labute approximate surface area is 98.1 Å². The van der Waals surface area contributed by atoms with Gasteiger partial charge in [-0.3, -0.25) is 4.90 Å². The fourth-order valence-electron chi connectivity index (χ4n) is 2.98. The van der Waals surface area contributed by atoms with Gasteiger partial charge in [-0.05, 0) is 27.2 Å². The van der Waals surface area contributed by atoms with Crippen molar-refractivity contribution >= 4 is 0 Å². The Morgan fingerprint density at radius 2 is 2.12 bits per heavy atom. The molecule has 94 valence electrons. The predicted octanol–water partition coefficient (Wildman–Crippen LogP) is 0.604. The van der Waals surface area contributed by atoms with E-state index in [9.17, 15) is 0 Å². The molecule has 4 nitrogen and oxygen atoms in total. The second-order valence-electron chi connectivity index (χ2n) is 5.60. The summed E-state index contributed by atoms with van der Waals surface area (Å²) in [6.07, 6.45) is 1.27. The molecule has 2 N–H and O–H groups in total. The van der Waals surface area contributed by atoms with Crippen LogP contribution in [-0.2, 0) is 9.47 Å². The van der Waals surface area contributed by atoms with Crippen molar-refractivity contribution in [3.63, 3.8) is 0 Å². The van der Waals surface area contributed by atoms with E-state index in [4.69, 9.17) is 15.2 Å². The van der Waals surface area contributed by atoms with E-state index in [1.54, 1.807) is 0 Å². The van der Waals surface area contributed by atoms with Crippen LogP contribution in [0.25, 0.3) is 0 Å². The van der Waals surface area contributed by atoms with E-state index in [0.29, 0.717) is 6.54 Å². The maximum absolute atomic E-state index is 6.02. The maximum Gasteiger partial charge on any atom is 0.0753 e. The van der Waals surface area contributed by atoms with E-state index >= 15 is 0 Å². The molecule has 2 rings (SSSR count). The lowest BCUT2D eigenvalue weighted by Gasteiger charge is -2.48. The normalized spacial score (nSPS) is 40.1. The minimum atomic E-state index is -0.0667. The van der Waals surface area contributed by atoms with Crippen LogP contribution in [0.2, 0.25) is 0 Å². The topological polar surface area (TPSA) is 47.7 Å². The van der Waals surface area contributed by atoms with Crippen molar-refractivity contribution in [3.05, 3.63) is 0 Å². The Kier molecular flexibility index (Phi) is 3.27. The highest BCUT2D eigenvalue weighted by Gasteiger charge is 2.47. The van der Waals surface area contributed by atoms with Crippen LogP contribution < -0.4 is 5.73 Å². The van der Waals surface area contributed by atoms with E-state index < -0.39 is 0 Å². The minimum absolute atomic E-state index is 0.0288. The first-order chi connectivity index (χ1) is 7.50. The van der Waals surface area contributed by atoms with Gasteiger partial charge < -0.3 is 15.2 Å². The molecule has 2 aliphatic rings. The van der Waals surface area contributed by atoms with Crippen LogP contribution in [0.15, 0.2) is 0 Å². The minimum Gasteiger partial charge on any atom is -0.376 e. The van der Waals surface area contributed by atoms with Gasteiger partial charge in [0.05, 0.1) is 23.9 Å². The third kappa shape index (κ3) is 1.99. The molecule has 0 saturated carbocycles. The average molecular weight is 228 g/mol. The first-order valence-corrected chi connectivity index (χ1v) is 6.21. The Morgan fingerprint density at radius 3 is 2.62 bits per heavy atom. The molecule has 2 atom stereocenters. The molecule has 0 aromatic rings. The monoisotopic (exact) mass is 228 g/mol. The second-order valence-corrected chi connectivity index (χ2v) is 5.60. The van der Waals surface area contributed by atoms with Crippen molar-refractivity contribution < 1.29 is 9.47 Å². The van der Waals surface area contributed by atoms with Gasteiger partial charge in [0, 0.05) is 26.2 Å². The third-order valence-corrected chi connectivity index (χ3v) is 4.07. The Balaban J connectivity index is 2.15. The van der Waals surface area contributed by atoms with Crippen molar-refractivity contribution in [1.29, 1.82) is 0 Å². The standard InChI is InChI=1S/C12H24N2O2/c1-10-12(8-13,4-6-15-10)14-5-7-16-11(2,3)9-14/h10H,4-9,13H2,1-3H3. The summed E-state index contributed by atoms with van der Waals surface area (Å²) in [6, 6.07) is 0. The molecule has 2 fully saturated rings. The molecule has 0 amide bonds. The van der Waals surface area contributed by atoms with Gasteiger partial charge in [0.2, 0.25) is 0 Å². The Bertz CT molecular complexity index is 257. The zero-order valence-corrected chi connectivity index (χ0v) is 10.7. The van der Waals surface area contributed by atoms with Crippen LogP contribution in [0.4, 0.5) is 0 Å². The van der Waals surface area contributed by atoms with Crippen molar-refractivity contribution in [3.8, 4) is 0 Å². The summed E-state index contributed by atoms with van der Waals surface area (Å²) in [6.45, 7) is 10.6. The predicted molar refractivity (Wildman–Crippen MR) is 63.4 cm³/mol. The zero-order chi connectivity index (χ0) is 11.8. The molecule has 0 aromatic heterocycles. The Hall–Kier alpha value is -0.160. The quantitative estimate of drug-likeness (QED) is 0.752. The molecule has 2 aliphatic heterocycles. The van der Waals surface area contributed by atoms with Gasteiger partial charge in [-0.2, -0.15) is 0 Å². The number of hydrogen-bond acceptors (Lipinski definition) is 4. The van der Waals surface area contributed by atoms with Crippen molar-refractivity contribution in [2.75, 3.05) is 32.8 Å². The summed E-state index contributed by atoms with van der Waals surface area (Å²) >= 11 is 0. The van der Waals surface area contributed by atoms with Gasteiger partial charge in [0.25, 0.3) is 0 Å². The van der Waals surface area contributed by atoms with Crippen LogP contribution >= 0.6 is 0 Å². The summed E-state index contributed by atoms with van der Waals surface area (Å²) in [5.74, 6) is 0. The molecular formula is C12H24N2O2. The SMILES string of the molecule is CC1OCCC1(CN)N1CCOC(C)(C)C1. The zero-order valence-electron chi connectivity index (χ0n) is 10.7. The smallest absolute Gasteiger partial charge is 0.0753 e.